The third kappa shape index (κ3) is 3.38. The molecule has 0 aliphatic heterocycles. The van der Waals surface area contributed by atoms with Crippen LogP contribution in [0.4, 0.5) is 11.4 Å². The molecule has 1 N–H and O–H groups in total. The second kappa shape index (κ2) is 6.40. The average Bonchev–Trinajstić information content (AvgIpc) is 2.85. The Morgan fingerprint density at radius 1 is 1.32 bits per heavy atom. The third-order valence-corrected chi connectivity index (χ3v) is 3.86. The van der Waals surface area contributed by atoms with Gasteiger partial charge in [-0.05, 0) is 36.8 Å². The fourth-order valence-corrected chi connectivity index (χ4v) is 2.65. The lowest BCUT2D eigenvalue weighted by Crippen LogP contribution is -2.25. The van der Waals surface area contributed by atoms with Crippen LogP contribution in [0.2, 0.25) is 5.02 Å². The van der Waals surface area contributed by atoms with Crippen LogP contribution in [0.1, 0.15) is 5.56 Å². The van der Waals surface area contributed by atoms with E-state index in [9.17, 15) is 19.7 Å². The number of fused-ring (bicyclic) bond motifs is 1. The van der Waals surface area contributed by atoms with E-state index in [2.05, 4.69) is 5.32 Å². The van der Waals surface area contributed by atoms with E-state index in [1.165, 1.54) is 12.1 Å². The molecule has 0 radical (unpaired) electrons. The highest BCUT2D eigenvalue weighted by Gasteiger charge is 2.16. The first kappa shape index (κ1) is 16.7. The maximum atomic E-state index is 12.2. The number of carbonyl (C=O) groups excluding carboxylic acids is 1. The fraction of sp³-hybridized carbons (Fsp3) is 0.125. The predicted molar refractivity (Wildman–Crippen MR) is 91.9 cm³/mol. The van der Waals surface area contributed by atoms with Crippen molar-refractivity contribution in [3.05, 3.63) is 67.6 Å². The first-order chi connectivity index (χ1) is 11.8. The molecule has 0 unspecified atom stereocenters. The number of benzene rings is 2. The van der Waals surface area contributed by atoms with E-state index in [4.69, 9.17) is 16.0 Å². The zero-order valence-corrected chi connectivity index (χ0v) is 13.7. The second-order valence-corrected chi connectivity index (χ2v) is 5.81. The maximum absolute atomic E-state index is 12.2. The van der Waals surface area contributed by atoms with Gasteiger partial charge in [-0.3, -0.25) is 19.5 Å². The third-order valence-electron chi connectivity index (χ3n) is 3.63. The Balaban J connectivity index is 1.87. The van der Waals surface area contributed by atoms with Gasteiger partial charge in [0.2, 0.25) is 5.91 Å². The Kier molecular flexibility index (Phi) is 4.28. The summed E-state index contributed by atoms with van der Waals surface area (Å²) in [4.78, 5) is 34.4. The molecule has 128 valence electrons. The molecule has 3 rings (SSSR count). The molecular weight excluding hydrogens is 350 g/mol. The Hall–Kier alpha value is -3.13. The fourth-order valence-electron chi connectivity index (χ4n) is 2.42. The SMILES string of the molecule is Cc1cc(Cl)ccc1NC(=O)Cn1c(=O)oc2cc([N+](=O)[O-])ccc21. The maximum Gasteiger partial charge on any atom is 0.420 e. The first-order valence-corrected chi connectivity index (χ1v) is 7.57. The summed E-state index contributed by atoms with van der Waals surface area (Å²) in [6.07, 6.45) is 0. The van der Waals surface area contributed by atoms with Crippen LogP contribution in [0, 0.1) is 17.0 Å². The van der Waals surface area contributed by atoms with Gasteiger partial charge in [-0.1, -0.05) is 11.6 Å². The number of aromatic nitrogens is 1. The van der Waals surface area contributed by atoms with Crippen LogP contribution in [-0.2, 0) is 11.3 Å². The van der Waals surface area contributed by atoms with E-state index in [0.717, 1.165) is 16.2 Å². The summed E-state index contributed by atoms with van der Waals surface area (Å²) in [6, 6.07) is 8.77. The van der Waals surface area contributed by atoms with Crippen molar-refractivity contribution in [1.29, 1.82) is 0 Å². The summed E-state index contributed by atoms with van der Waals surface area (Å²) < 4.78 is 6.10. The number of aryl methyl sites for hydroxylation is 1. The minimum atomic E-state index is -0.765. The molecule has 0 aliphatic carbocycles. The van der Waals surface area contributed by atoms with Crippen LogP contribution in [0.25, 0.3) is 11.1 Å². The summed E-state index contributed by atoms with van der Waals surface area (Å²) in [7, 11) is 0. The molecule has 25 heavy (non-hydrogen) atoms. The minimum Gasteiger partial charge on any atom is -0.407 e. The molecule has 1 amide bonds. The van der Waals surface area contributed by atoms with Gasteiger partial charge in [-0.15, -0.1) is 0 Å². The number of nitro groups is 1. The number of halogens is 1. The van der Waals surface area contributed by atoms with Crippen molar-refractivity contribution in [3.8, 4) is 0 Å². The van der Waals surface area contributed by atoms with Gasteiger partial charge >= 0.3 is 5.76 Å². The normalized spacial score (nSPS) is 10.8. The molecule has 1 aromatic heterocycles. The van der Waals surface area contributed by atoms with Gasteiger partial charge in [-0.2, -0.15) is 0 Å². The molecule has 0 aliphatic rings. The van der Waals surface area contributed by atoms with Gasteiger partial charge in [0.25, 0.3) is 5.69 Å². The van der Waals surface area contributed by atoms with Crippen molar-refractivity contribution in [1.82, 2.24) is 4.57 Å². The van der Waals surface area contributed by atoms with Gasteiger partial charge in [0.1, 0.15) is 6.54 Å². The van der Waals surface area contributed by atoms with Crippen LogP contribution in [0.5, 0.6) is 0 Å². The molecule has 0 fully saturated rings. The Morgan fingerprint density at radius 2 is 2.08 bits per heavy atom. The molecular formula is C16H12ClN3O5. The highest BCUT2D eigenvalue weighted by atomic mass is 35.5. The molecule has 1 heterocycles. The molecule has 0 atom stereocenters. The highest BCUT2D eigenvalue weighted by molar-refractivity contribution is 6.30. The number of non-ortho nitro benzene ring substituents is 1. The molecule has 8 nitrogen and oxygen atoms in total. The van der Waals surface area contributed by atoms with E-state index >= 15 is 0 Å². The van der Waals surface area contributed by atoms with E-state index < -0.39 is 16.6 Å². The standard InChI is InChI=1S/C16H12ClN3O5/c1-9-6-10(17)2-4-12(9)18-15(21)8-19-13-5-3-11(20(23)24)7-14(13)25-16(19)22/h2-7H,8H2,1H3,(H,18,21). The lowest BCUT2D eigenvalue weighted by atomic mass is 10.2. The molecule has 0 bridgehead atoms. The van der Waals surface area contributed by atoms with Crippen molar-refractivity contribution < 1.29 is 14.1 Å². The molecule has 0 saturated heterocycles. The summed E-state index contributed by atoms with van der Waals surface area (Å²) in [5.74, 6) is -1.20. The Morgan fingerprint density at radius 3 is 2.76 bits per heavy atom. The van der Waals surface area contributed by atoms with Gasteiger partial charge in [0.15, 0.2) is 5.58 Å². The van der Waals surface area contributed by atoms with Crippen LogP contribution >= 0.6 is 11.6 Å². The predicted octanol–water partition coefficient (Wildman–Crippen LogP) is 3.10. The van der Waals surface area contributed by atoms with Crippen LogP contribution in [0.3, 0.4) is 0 Å². The summed E-state index contributed by atoms with van der Waals surface area (Å²) in [6.45, 7) is 1.51. The van der Waals surface area contributed by atoms with Crippen LogP contribution in [-0.4, -0.2) is 15.4 Å². The van der Waals surface area contributed by atoms with Crippen molar-refractivity contribution in [2.45, 2.75) is 13.5 Å². The zero-order chi connectivity index (χ0) is 18.1. The quantitative estimate of drug-likeness (QED) is 0.567. The van der Waals surface area contributed by atoms with Crippen LogP contribution < -0.4 is 11.1 Å². The zero-order valence-electron chi connectivity index (χ0n) is 13.0. The number of hydrogen-bond donors (Lipinski definition) is 1. The smallest absolute Gasteiger partial charge is 0.407 e. The lowest BCUT2D eigenvalue weighted by molar-refractivity contribution is -0.384. The van der Waals surface area contributed by atoms with E-state index in [1.807, 2.05) is 0 Å². The minimum absolute atomic E-state index is 0.0506. The highest BCUT2D eigenvalue weighted by Crippen LogP contribution is 2.21. The second-order valence-electron chi connectivity index (χ2n) is 5.37. The topological polar surface area (TPSA) is 107 Å². The van der Waals surface area contributed by atoms with Crippen molar-refractivity contribution in [3.63, 3.8) is 0 Å². The number of oxazole rings is 1. The summed E-state index contributed by atoms with van der Waals surface area (Å²) >= 11 is 5.87. The average molecular weight is 362 g/mol. The first-order valence-electron chi connectivity index (χ1n) is 7.19. The number of rotatable bonds is 4. The Labute approximate surface area is 145 Å². The lowest BCUT2D eigenvalue weighted by Gasteiger charge is -2.09. The summed E-state index contributed by atoms with van der Waals surface area (Å²) in [5.41, 5.74) is 1.51. The largest absolute Gasteiger partial charge is 0.420 e. The van der Waals surface area contributed by atoms with Gasteiger partial charge in [0, 0.05) is 16.8 Å². The van der Waals surface area contributed by atoms with E-state index in [-0.39, 0.29) is 17.8 Å². The number of nitrogens with one attached hydrogen (secondary N) is 1. The molecule has 3 aromatic rings. The molecule has 9 heteroatoms. The number of hydrogen-bond acceptors (Lipinski definition) is 5. The van der Waals surface area contributed by atoms with Gasteiger partial charge in [-0.25, -0.2) is 4.79 Å². The monoisotopic (exact) mass is 361 g/mol. The summed E-state index contributed by atoms with van der Waals surface area (Å²) in [5, 5.41) is 14.0. The number of nitro benzene ring substituents is 1. The van der Waals surface area contributed by atoms with Gasteiger partial charge in [0.05, 0.1) is 16.5 Å². The number of nitrogens with zero attached hydrogens (tertiary/aromatic N) is 2. The van der Waals surface area contributed by atoms with Crippen molar-refractivity contribution in [2.75, 3.05) is 5.32 Å². The number of anilines is 1. The number of carbonyl (C=O) groups is 1. The molecule has 2 aromatic carbocycles. The van der Waals surface area contributed by atoms with Crippen molar-refractivity contribution in [2.24, 2.45) is 0 Å². The Bertz CT molecular complexity index is 1050. The van der Waals surface area contributed by atoms with E-state index in [1.54, 1.807) is 25.1 Å². The van der Waals surface area contributed by atoms with Crippen LogP contribution in [0.15, 0.2) is 45.6 Å². The number of amides is 1. The van der Waals surface area contributed by atoms with Crippen molar-refractivity contribution >= 4 is 40.0 Å². The molecule has 0 saturated carbocycles. The van der Waals surface area contributed by atoms with E-state index in [0.29, 0.717) is 16.2 Å². The van der Waals surface area contributed by atoms with Gasteiger partial charge < -0.3 is 9.73 Å². The molecule has 0 spiro atoms.